The van der Waals surface area contributed by atoms with E-state index in [2.05, 4.69) is 0 Å². The average Bonchev–Trinajstić information content (AvgIpc) is 1.98. The van der Waals surface area contributed by atoms with Crippen LogP contribution in [0.5, 0.6) is 0 Å². The Balaban J connectivity index is 3.21. The van der Waals surface area contributed by atoms with Crippen LogP contribution < -0.4 is 0 Å². The van der Waals surface area contributed by atoms with Crippen molar-refractivity contribution in [3.05, 3.63) is 0 Å². The zero-order valence-electron chi connectivity index (χ0n) is 5.43. The molecule has 0 aliphatic heterocycles. The van der Waals surface area contributed by atoms with E-state index in [1.165, 1.54) is 0 Å². The molecule has 1 N–H and O–H groups in total. The highest BCUT2D eigenvalue weighted by atomic mass is 35.5. The molecule has 1 atom stereocenters. The molecule has 0 aromatic rings. The molecule has 0 saturated heterocycles. The predicted octanol–water partition coefficient (Wildman–Crippen LogP) is 0.773. The van der Waals surface area contributed by atoms with Gasteiger partial charge < -0.3 is 14.6 Å². The van der Waals surface area contributed by atoms with Crippen molar-refractivity contribution in [1.29, 1.82) is 0 Å². The van der Waals surface area contributed by atoms with E-state index in [1.807, 2.05) is 0 Å². The van der Waals surface area contributed by atoms with Gasteiger partial charge in [0.15, 0.2) is 0 Å². The lowest BCUT2D eigenvalue weighted by Crippen LogP contribution is -2.23. The predicted molar refractivity (Wildman–Crippen MR) is 39.4 cm³/mol. The topological polar surface area (TPSA) is 38.7 Å². The van der Waals surface area contributed by atoms with Gasteiger partial charge in [-0.25, -0.2) is 0 Å². The van der Waals surface area contributed by atoms with E-state index in [4.69, 9.17) is 37.8 Å². The molecule has 0 heterocycles. The third-order valence-corrected chi connectivity index (χ3v) is 1.16. The minimum absolute atomic E-state index is 0.0525. The number of alkyl halides is 2. The van der Waals surface area contributed by atoms with Crippen molar-refractivity contribution >= 4 is 23.2 Å². The van der Waals surface area contributed by atoms with Crippen molar-refractivity contribution in [2.75, 3.05) is 25.3 Å². The lowest BCUT2D eigenvalue weighted by molar-refractivity contribution is -0.0172. The maximum Gasteiger partial charge on any atom is 0.121 e. The van der Waals surface area contributed by atoms with Crippen LogP contribution in [0.1, 0.15) is 0 Å². The fraction of sp³-hybridized carbons (Fsp3) is 1.00. The van der Waals surface area contributed by atoms with Crippen LogP contribution >= 0.6 is 23.2 Å². The van der Waals surface area contributed by atoms with E-state index in [-0.39, 0.29) is 31.4 Å². The van der Waals surface area contributed by atoms with Crippen molar-refractivity contribution < 1.29 is 14.6 Å². The van der Waals surface area contributed by atoms with Crippen LogP contribution in [-0.4, -0.2) is 36.6 Å². The molecule has 10 heavy (non-hydrogen) atoms. The summed E-state index contributed by atoms with van der Waals surface area (Å²) in [5, 5.41) is 8.58. The summed E-state index contributed by atoms with van der Waals surface area (Å²) in [7, 11) is 0. The summed E-state index contributed by atoms with van der Waals surface area (Å²) >= 11 is 10.4. The van der Waals surface area contributed by atoms with E-state index in [1.54, 1.807) is 0 Å². The number of hydrogen-bond donors (Lipinski definition) is 1. The normalized spacial score (nSPS) is 13.5. The van der Waals surface area contributed by atoms with Gasteiger partial charge in [-0.15, -0.1) is 0 Å². The summed E-state index contributed by atoms with van der Waals surface area (Å²) in [6.45, 7) is 0.163. The van der Waals surface area contributed by atoms with Gasteiger partial charge in [0, 0.05) is 0 Å². The highest BCUT2D eigenvalue weighted by Gasteiger charge is 2.05. The van der Waals surface area contributed by atoms with Crippen LogP contribution in [0.15, 0.2) is 0 Å². The lowest BCUT2D eigenvalue weighted by atomic mass is 10.4. The SMILES string of the molecule is OCC(COCCl)OCCl. The fourth-order valence-electron chi connectivity index (χ4n) is 0.419. The van der Waals surface area contributed by atoms with Crippen molar-refractivity contribution in [1.82, 2.24) is 0 Å². The summed E-state index contributed by atoms with van der Waals surface area (Å²) in [5.74, 6) is 0. The molecule has 0 rings (SSSR count). The maximum absolute atomic E-state index is 8.58. The number of ether oxygens (including phenoxy) is 2. The van der Waals surface area contributed by atoms with Gasteiger partial charge in [-0.1, -0.05) is 23.2 Å². The summed E-state index contributed by atoms with van der Waals surface area (Å²) in [6.07, 6.45) is -0.365. The number of halogens is 2. The molecule has 0 spiro atoms. The van der Waals surface area contributed by atoms with Gasteiger partial charge >= 0.3 is 0 Å². The highest BCUT2D eigenvalue weighted by molar-refractivity contribution is 6.17. The van der Waals surface area contributed by atoms with Gasteiger partial charge in [-0.3, -0.25) is 0 Å². The Bertz CT molecular complexity index is 71.9. The number of rotatable bonds is 6. The first kappa shape index (κ1) is 10.5. The largest absolute Gasteiger partial charge is 0.394 e. The summed E-state index contributed by atoms with van der Waals surface area (Å²) < 4.78 is 9.59. The van der Waals surface area contributed by atoms with Crippen LogP contribution in [0.2, 0.25) is 0 Å². The minimum Gasteiger partial charge on any atom is -0.394 e. The van der Waals surface area contributed by atoms with Gasteiger partial charge in [0.25, 0.3) is 0 Å². The Hall–Kier alpha value is 0.460. The number of aliphatic hydroxyl groups is 1. The van der Waals surface area contributed by atoms with Crippen LogP contribution in [0, 0.1) is 0 Å². The molecule has 0 aromatic carbocycles. The van der Waals surface area contributed by atoms with Crippen molar-refractivity contribution in [2.45, 2.75) is 6.10 Å². The molecule has 0 aromatic heterocycles. The lowest BCUT2D eigenvalue weighted by Gasteiger charge is -2.11. The standard InChI is InChI=1S/C5H10Cl2O3/c6-3-9-2-5(1-8)10-4-7/h5,8H,1-4H2. The summed E-state index contributed by atoms with van der Waals surface area (Å²) in [5.41, 5.74) is 0. The highest BCUT2D eigenvalue weighted by Crippen LogP contribution is 1.94. The Morgan fingerprint density at radius 1 is 1.30 bits per heavy atom. The molecule has 62 valence electrons. The maximum atomic E-state index is 8.58. The van der Waals surface area contributed by atoms with Crippen LogP contribution in [-0.2, 0) is 9.47 Å². The number of hydrogen-bond acceptors (Lipinski definition) is 3. The molecule has 0 radical (unpaired) electrons. The number of aliphatic hydroxyl groups excluding tert-OH is 1. The first-order chi connectivity index (χ1) is 4.85. The first-order valence-electron chi connectivity index (χ1n) is 2.77. The average molecular weight is 189 g/mol. The van der Waals surface area contributed by atoms with Gasteiger partial charge in [0.2, 0.25) is 0 Å². The fourth-order valence-corrected chi connectivity index (χ4v) is 0.686. The minimum atomic E-state index is -0.365. The second-order valence-electron chi connectivity index (χ2n) is 1.56. The van der Waals surface area contributed by atoms with Gasteiger partial charge in [-0.2, -0.15) is 0 Å². The van der Waals surface area contributed by atoms with E-state index >= 15 is 0 Å². The third-order valence-electron chi connectivity index (χ3n) is 0.883. The molecule has 0 bridgehead atoms. The Labute approximate surface area is 69.8 Å². The molecule has 3 nitrogen and oxygen atoms in total. The molecule has 0 amide bonds. The zero-order chi connectivity index (χ0) is 7.82. The monoisotopic (exact) mass is 188 g/mol. The van der Waals surface area contributed by atoms with Gasteiger partial charge in [-0.05, 0) is 0 Å². The molecule has 0 aliphatic carbocycles. The summed E-state index contributed by atoms with van der Waals surface area (Å²) in [6, 6.07) is 0.152. The smallest absolute Gasteiger partial charge is 0.121 e. The van der Waals surface area contributed by atoms with E-state index < -0.39 is 0 Å². The van der Waals surface area contributed by atoms with E-state index in [9.17, 15) is 0 Å². The Kier molecular flexibility index (Phi) is 7.91. The molecular weight excluding hydrogens is 179 g/mol. The van der Waals surface area contributed by atoms with Crippen LogP contribution in [0.3, 0.4) is 0 Å². The molecule has 0 saturated carbocycles. The van der Waals surface area contributed by atoms with Crippen molar-refractivity contribution in [3.63, 3.8) is 0 Å². The Morgan fingerprint density at radius 2 is 2.00 bits per heavy atom. The van der Waals surface area contributed by atoms with E-state index in [0.717, 1.165) is 0 Å². The van der Waals surface area contributed by atoms with Crippen molar-refractivity contribution in [2.24, 2.45) is 0 Å². The Morgan fingerprint density at radius 3 is 2.40 bits per heavy atom. The zero-order valence-corrected chi connectivity index (χ0v) is 6.94. The van der Waals surface area contributed by atoms with E-state index in [0.29, 0.717) is 0 Å². The summed E-state index contributed by atoms with van der Waals surface area (Å²) in [4.78, 5) is 0. The second-order valence-corrected chi connectivity index (χ2v) is 2.00. The van der Waals surface area contributed by atoms with Gasteiger partial charge in [0.1, 0.15) is 18.2 Å². The molecule has 0 aliphatic rings. The first-order valence-corrected chi connectivity index (χ1v) is 3.84. The molecule has 5 heteroatoms. The quantitative estimate of drug-likeness (QED) is 0.627. The molecule has 0 fully saturated rings. The van der Waals surface area contributed by atoms with Crippen molar-refractivity contribution in [3.8, 4) is 0 Å². The molecular formula is C5H10Cl2O3. The second kappa shape index (κ2) is 7.57. The van der Waals surface area contributed by atoms with Crippen LogP contribution in [0.25, 0.3) is 0 Å². The van der Waals surface area contributed by atoms with Crippen LogP contribution in [0.4, 0.5) is 0 Å². The third kappa shape index (κ3) is 5.26. The van der Waals surface area contributed by atoms with Gasteiger partial charge in [0.05, 0.1) is 13.2 Å². The molecule has 1 unspecified atom stereocenters.